The third-order valence-corrected chi connectivity index (χ3v) is 3.24. The molecule has 0 amide bonds. The molecule has 0 atom stereocenters. The van der Waals surface area contributed by atoms with Gasteiger partial charge in [0.05, 0.1) is 19.5 Å². The van der Waals surface area contributed by atoms with E-state index in [-0.39, 0.29) is 0 Å². The molecule has 20 heavy (non-hydrogen) atoms. The van der Waals surface area contributed by atoms with Crippen LogP contribution in [0.15, 0.2) is 27.8 Å². The van der Waals surface area contributed by atoms with Gasteiger partial charge >= 0.3 is 0 Å². The van der Waals surface area contributed by atoms with E-state index in [0.717, 1.165) is 37.7 Å². The molecule has 0 aromatic carbocycles. The number of nitrogens with zero attached hydrogens (tertiary/aromatic N) is 1. The fourth-order valence-corrected chi connectivity index (χ4v) is 2.09. The van der Waals surface area contributed by atoms with Crippen LogP contribution in [0.1, 0.15) is 19.1 Å². The molecule has 2 rings (SSSR count). The van der Waals surface area contributed by atoms with Crippen LogP contribution >= 0.6 is 0 Å². The number of ether oxygens (including phenoxy) is 2. The molecule has 6 nitrogen and oxygen atoms in total. The van der Waals surface area contributed by atoms with Gasteiger partial charge in [-0.2, -0.15) is 0 Å². The summed E-state index contributed by atoms with van der Waals surface area (Å²) in [6.45, 7) is 4.84. The third kappa shape index (κ3) is 4.54. The molecule has 0 aliphatic carbocycles. The number of aliphatic imine (C=N–C) groups is 1. The zero-order valence-electron chi connectivity index (χ0n) is 12.1. The molecular formula is C14H23N3O3. The molecule has 6 heteroatoms. The second kappa shape index (κ2) is 7.31. The van der Waals surface area contributed by atoms with Gasteiger partial charge in [0.25, 0.3) is 0 Å². The molecule has 1 saturated heterocycles. The zero-order chi connectivity index (χ0) is 14.3. The Morgan fingerprint density at radius 3 is 2.70 bits per heavy atom. The van der Waals surface area contributed by atoms with Crippen molar-refractivity contribution in [2.45, 2.75) is 25.6 Å². The van der Waals surface area contributed by atoms with Gasteiger partial charge in [0.2, 0.25) is 0 Å². The third-order valence-electron chi connectivity index (χ3n) is 3.24. The Morgan fingerprint density at radius 1 is 1.30 bits per heavy atom. The first-order chi connectivity index (χ1) is 9.72. The van der Waals surface area contributed by atoms with E-state index in [1.165, 1.54) is 0 Å². The smallest absolute Gasteiger partial charge is 0.190 e. The molecule has 0 spiro atoms. The molecule has 1 aliphatic heterocycles. The van der Waals surface area contributed by atoms with Crippen LogP contribution in [-0.4, -0.2) is 45.1 Å². The minimum Gasteiger partial charge on any atom is -0.469 e. The molecule has 1 aromatic heterocycles. The van der Waals surface area contributed by atoms with E-state index in [0.29, 0.717) is 13.2 Å². The van der Waals surface area contributed by atoms with Crippen molar-refractivity contribution in [3.05, 3.63) is 24.2 Å². The van der Waals surface area contributed by atoms with Crippen molar-refractivity contribution in [3.8, 4) is 0 Å². The monoisotopic (exact) mass is 281 g/mol. The summed E-state index contributed by atoms with van der Waals surface area (Å²) in [5.41, 5.74) is 0. The Kier molecular flexibility index (Phi) is 5.43. The highest BCUT2D eigenvalue weighted by atomic mass is 16.7. The number of rotatable bonds is 6. The lowest BCUT2D eigenvalue weighted by molar-refractivity contribution is -0.145. The van der Waals surface area contributed by atoms with Gasteiger partial charge in [-0.15, -0.1) is 0 Å². The van der Waals surface area contributed by atoms with Crippen molar-refractivity contribution >= 4 is 5.96 Å². The summed E-state index contributed by atoms with van der Waals surface area (Å²) in [6.07, 6.45) is 3.30. The summed E-state index contributed by atoms with van der Waals surface area (Å²) in [7, 11) is 1.76. The number of hydrogen-bond acceptors (Lipinski definition) is 4. The standard InChI is InChI=1S/C14H23N3O3/c1-14(19-10-11-20-14)6-8-17-13(15-2)16-7-5-12-4-3-9-18-12/h3-4,9H,5-8,10-11H2,1-2H3,(H2,15,16,17). The predicted molar refractivity (Wildman–Crippen MR) is 76.7 cm³/mol. The van der Waals surface area contributed by atoms with Crippen LogP contribution in [0.2, 0.25) is 0 Å². The van der Waals surface area contributed by atoms with Crippen molar-refractivity contribution in [2.75, 3.05) is 33.4 Å². The van der Waals surface area contributed by atoms with Crippen LogP contribution < -0.4 is 10.6 Å². The van der Waals surface area contributed by atoms with E-state index in [1.54, 1.807) is 13.3 Å². The van der Waals surface area contributed by atoms with Crippen LogP contribution in [0.5, 0.6) is 0 Å². The second-order valence-electron chi connectivity index (χ2n) is 4.84. The maximum absolute atomic E-state index is 5.55. The highest BCUT2D eigenvalue weighted by Gasteiger charge is 2.30. The van der Waals surface area contributed by atoms with Gasteiger partial charge < -0.3 is 24.5 Å². The van der Waals surface area contributed by atoms with E-state index in [4.69, 9.17) is 13.9 Å². The predicted octanol–water partition coefficient (Wildman–Crippen LogP) is 1.14. The maximum atomic E-state index is 5.55. The van der Waals surface area contributed by atoms with Crippen LogP contribution in [0, 0.1) is 0 Å². The number of hydrogen-bond donors (Lipinski definition) is 2. The highest BCUT2D eigenvalue weighted by molar-refractivity contribution is 5.79. The topological polar surface area (TPSA) is 68.0 Å². The first kappa shape index (κ1) is 14.9. The summed E-state index contributed by atoms with van der Waals surface area (Å²) in [4.78, 5) is 4.18. The summed E-state index contributed by atoms with van der Waals surface area (Å²) in [6, 6.07) is 3.86. The first-order valence-electron chi connectivity index (χ1n) is 6.97. The lowest BCUT2D eigenvalue weighted by Crippen LogP contribution is -2.41. The summed E-state index contributed by atoms with van der Waals surface area (Å²) in [5, 5.41) is 6.49. The summed E-state index contributed by atoms with van der Waals surface area (Å²) < 4.78 is 16.4. The Balaban J connectivity index is 1.62. The molecule has 0 unspecified atom stereocenters. The Bertz CT molecular complexity index is 411. The number of guanidine groups is 1. The van der Waals surface area contributed by atoms with Gasteiger partial charge in [-0.25, -0.2) is 0 Å². The minimum atomic E-state index is -0.458. The zero-order valence-corrected chi connectivity index (χ0v) is 12.1. The van der Waals surface area contributed by atoms with E-state index >= 15 is 0 Å². The quantitative estimate of drug-likeness (QED) is 0.604. The van der Waals surface area contributed by atoms with Crippen LogP contribution in [0.4, 0.5) is 0 Å². The van der Waals surface area contributed by atoms with Crippen LogP contribution in [0.25, 0.3) is 0 Å². The molecule has 0 saturated carbocycles. The normalized spacial score (nSPS) is 18.2. The molecule has 1 fully saturated rings. The van der Waals surface area contributed by atoms with Crippen molar-refractivity contribution in [1.82, 2.24) is 10.6 Å². The second-order valence-corrected chi connectivity index (χ2v) is 4.84. The largest absolute Gasteiger partial charge is 0.469 e. The molecule has 1 aliphatic rings. The Morgan fingerprint density at radius 2 is 2.05 bits per heavy atom. The molecule has 1 aromatic rings. The van der Waals surface area contributed by atoms with Crippen LogP contribution in [0.3, 0.4) is 0 Å². The van der Waals surface area contributed by atoms with Gasteiger partial charge in [-0.05, 0) is 19.1 Å². The molecular weight excluding hydrogens is 258 g/mol. The van der Waals surface area contributed by atoms with E-state index in [2.05, 4.69) is 15.6 Å². The molecule has 112 valence electrons. The SMILES string of the molecule is CN=C(NCCc1ccco1)NCCC1(C)OCCO1. The fraction of sp³-hybridized carbons (Fsp3) is 0.643. The van der Waals surface area contributed by atoms with Gasteiger partial charge in [-0.3, -0.25) is 4.99 Å². The molecule has 2 heterocycles. The van der Waals surface area contributed by atoms with Crippen molar-refractivity contribution in [2.24, 2.45) is 4.99 Å². The minimum absolute atomic E-state index is 0.458. The van der Waals surface area contributed by atoms with Crippen LogP contribution in [-0.2, 0) is 15.9 Å². The van der Waals surface area contributed by atoms with Crippen molar-refractivity contribution in [1.29, 1.82) is 0 Å². The van der Waals surface area contributed by atoms with Gasteiger partial charge in [0, 0.05) is 33.0 Å². The van der Waals surface area contributed by atoms with Crippen molar-refractivity contribution < 1.29 is 13.9 Å². The van der Waals surface area contributed by atoms with E-state index in [1.807, 2.05) is 19.1 Å². The molecule has 0 bridgehead atoms. The lowest BCUT2D eigenvalue weighted by atomic mass is 10.2. The van der Waals surface area contributed by atoms with Crippen molar-refractivity contribution in [3.63, 3.8) is 0 Å². The Labute approximate surface area is 119 Å². The van der Waals surface area contributed by atoms with E-state index < -0.39 is 5.79 Å². The van der Waals surface area contributed by atoms with Gasteiger partial charge in [0.15, 0.2) is 11.7 Å². The summed E-state index contributed by atoms with van der Waals surface area (Å²) in [5.74, 6) is 1.28. The maximum Gasteiger partial charge on any atom is 0.190 e. The average Bonchev–Trinajstić information content (AvgIpc) is 3.09. The molecule has 2 N–H and O–H groups in total. The summed E-state index contributed by atoms with van der Waals surface area (Å²) >= 11 is 0. The fourth-order valence-electron chi connectivity index (χ4n) is 2.09. The first-order valence-corrected chi connectivity index (χ1v) is 6.97. The molecule has 0 radical (unpaired) electrons. The van der Waals surface area contributed by atoms with E-state index in [9.17, 15) is 0 Å². The number of nitrogens with one attached hydrogen (secondary N) is 2. The highest BCUT2D eigenvalue weighted by Crippen LogP contribution is 2.21. The Hall–Kier alpha value is -1.53. The van der Waals surface area contributed by atoms with Gasteiger partial charge in [0.1, 0.15) is 5.76 Å². The lowest BCUT2D eigenvalue weighted by Gasteiger charge is -2.22. The number of furan rings is 1. The van der Waals surface area contributed by atoms with Gasteiger partial charge in [-0.1, -0.05) is 0 Å². The average molecular weight is 281 g/mol.